The molecular weight excluding hydrogens is 636 g/mol. The van der Waals surface area contributed by atoms with Crippen LogP contribution < -0.4 is 33.4 Å². The maximum Gasteiger partial charge on any atom is 0.263 e. The van der Waals surface area contributed by atoms with E-state index in [4.69, 9.17) is 0 Å². The second kappa shape index (κ2) is 13.0. The summed E-state index contributed by atoms with van der Waals surface area (Å²) >= 11 is 3.85. The van der Waals surface area contributed by atoms with E-state index in [2.05, 4.69) is 116 Å². The van der Waals surface area contributed by atoms with Gasteiger partial charge in [0.05, 0.1) is 10.7 Å². The molecule has 1 aliphatic rings. The number of benzene rings is 2. The van der Waals surface area contributed by atoms with Gasteiger partial charge in [-0.05, 0) is 43.2 Å². The summed E-state index contributed by atoms with van der Waals surface area (Å²) in [4.78, 5) is 3.94. The maximum atomic E-state index is 2.56. The molecule has 0 atom stereocenters. The van der Waals surface area contributed by atoms with Gasteiger partial charge in [-0.25, -0.2) is 0 Å². The van der Waals surface area contributed by atoms with E-state index in [1.165, 1.54) is 61.3 Å². The lowest BCUT2D eigenvalue weighted by atomic mass is 10.2. The van der Waals surface area contributed by atoms with Crippen LogP contribution in [0.5, 0.6) is 0 Å². The Hall–Kier alpha value is -0.876. The quantitative estimate of drug-likeness (QED) is 0.137. The van der Waals surface area contributed by atoms with Crippen LogP contribution in [0.25, 0.3) is 16.3 Å². The fourth-order valence-electron chi connectivity index (χ4n) is 4.75. The van der Waals surface area contributed by atoms with Crippen molar-refractivity contribution in [3.8, 4) is 0 Å². The molecular formula is C30H43IN2S2Si2. The highest BCUT2D eigenvalue weighted by molar-refractivity contribution is 8.03. The fourth-order valence-corrected chi connectivity index (χ4v) is 9.58. The molecule has 1 aromatic heterocycles. The predicted octanol–water partition coefficient (Wildman–Crippen LogP) is 6.51. The van der Waals surface area contributed by atoms with Crippen LogP contribution in [-0.2, 0) is 6.54 Å². The monoisotopic (exact) mass is 678 g/mol. The van der Waals surface area contributed by atoms with Gasteiger partial charge in [0.25, 0.3) is 5.01 Å². The van der Waals surface area contributed by atoms with Crippen LogP contribution in [0.15, 0.2) is 70.1 Å². The highest BCUT2D eigenvalue weighted by atomic mass is 127. The lowest BCUT2D eigenvalue weighted by Gasteiger charge is -2.23. The summed E-state index contributed by atoms with van der Waals surface area (Å²) in [7, 11) is -2.07. The lowest BCUT2D eigenvalue weighted by molar-refractivity contribution is -0.668. The molecule has 0 aliphatic carbocycles. The average molecular weight is 679 g/mol. The molecule has 1 aliphatic heterocycles. The van der Waals surface area contributed by atoms with E-state index in [0.717, 1.165) is 13.1 Å². The van der Waals surface area contributed by atoms with Crippen LogP contribution >= 0.6 is 23.1 Å². The van der Waals surface area contributed by atoms with E-state index in [1.54, 1.807) is 0 Å². The summed E-state index contributed by atoms with van der Waals surface area (Å²) in [6, 6.07) is 20.5. The molecule has 0 unspecified atom stereocenters. The Morgan fingerprint density at radius 1 is 0.892 bits per heavy atom. The summed E-state index contributed by atoms with van der Waals surface area (Å²) < 4.78 is 3.94. The lowest BCUT2D eigenvalue weighted by Crippen LogP contribution is -3.00. The van der Waals surface area contributed by atoms with Crippen LogP contribution in [0.3, 0.4) is 0 Å². The van der Waals surface area contributed by atoms with E-state index >= 15 is 0 Å². The first kappa shape index (κ1) is 30.7. The van der Waals surface area contributed by atoms with Gasteiger partial charge >= 0.3 is 0 Å². The third kappa shape index (κ3) is 8.55. The van der Waals surface area contributed by atoms with Gasteiger partial charge in [0.15, 0.2) is 0 Å². The number of hydrogen-bond acceptors (Lipinski definition) is 3. The summed E-state index contributed by atoms with van der Waals surface area (Å²) in [5, 5.41) is 2.74. The molecule has 2 aromatic carbocycles. The van der Waals surface area contributed by atoms with E-state index < -0.39 is 16.1 Å². The van der Waals surface area contributed by atoms with Crippen molar-refractivity contribution in [2.24, 2.45) is 0 Å². The number of thioether (sulfide) groups is 1. The number of para-hydroxylation sites is 2. The second-order valence-corrected chi connectivity index (χ2v) is 25.8. The van der Waals surface area contributed by atoms with Crippen LogP contribution in [0.2, 0.25) is 51.4 Å². The zero-order valence-electron chi connectivity index (χ0n) is 23.6. The van der Waals surface area contributed by atoms with Crippen molar-refractivity contribution in [1.29, 1.82) is 0 Å². The number of fused-ring (bicyclic) bond motifs is 2. The van der Waals surface area contributed by atoms with Gasteiger partial charge in [-0.15, -0.1) is 0 Å². The fraction of sp³-hybridized carbons (Fsp3) is 0.433. The molecule has 0 fully saturated rings. The number of anilines is 1. The van der Waals surface area contributed by atoms with E-state index in [1.807, 2.05) is 23.1 Å². The van der Waals surface area contributed by atoms with Crippen LogP contribution in [-0.4, -0.2) is 22.7 Å². The molecule has 7 heteroatoms. The van der Waals surface area contributed by atoms with Gasteiger partial charge in [-0.3, -0.25) is 0 Å². The number of aromatic nitrogens is 1. The van der Waals surface area contributed by atoms with Gasteiger partial charge in [0, 0.05) is 46.2 Å². The largest absolute Gasteiger partial charge is 1.00 e. The molecule has 0 spiro atoms. The van der Waals surface area contributed by atoms with E-state index in [9.17, 15) is 0 Å². The van der Waals surface area contributed by atoms with Gasteiger partial charge in [0.1, 0.15) is 11.2 Å². The van der Waals surface area contributed by atoms with Crippen LogP contribution in [0, 0.1) is 0 Å². The SMILES string of the molecule is CC(=Cc1sc2ccccc2[n+]1CCC[Si](C)(C)C)C=C1Sc2ccccc2N1CCC[Si](C)(C)C.[I-]. The number of rotatable bonds is 10. The van der Waals surface area contributed by atoms with E-state index in [0.29, 0.717) is 0 Å². The van der Waals surface area contributed by atoms with Crippen molar-refractivity contribution in [3.05, 3.63) is 70.2 Å². The third-order valence-corrected chi connectivity index (χ3v) is 12.5. The highest BCUT2D eigenvalue weighted by Gasteiger charge is 2.26. The van der Waals surface area contributed by atoms with Gasteiger partial charge in [-0.2, -0.15) is 4.57 Å². The molecule has 2 heterocycles. The molecule has 0 bridgehead atoms. The second-order valence-electron chi connectivity index (χ2n) is 12.5. The molecule has 0 amide bonds. The summed E-state index contributed by atoms with van der Waals surface area (Å²) in [5.41, 5.74) is 4.08. The molecule has 0 N–H and O–H groups in total. The summed E-state index contributed by atoms with van der Waals surface area (Å²) in [5.74, 6) is 0. The number of thiazole rings is 1. The van der Waals surface area contributed by atoms with Crippen LogP contribution in [0.1, 0.15) is 24.8 Å². The molecule has 0 saturated heterocycles. The van der Waals surface area contributed by atoms with Crippen molar-refractivity contribution in [2.75, 3.05) is 11.4 Å². The maximum absolute atomic E-state index is 2.56. The van der Waals surface area contributed by atoms with Crippen molar-refractivity contribution in [3.63, 3.8) is 0 Å². The van der Waals surface area contributed by atoms with Crippen molar-refractivity contribution in [1.82, 2.24) is 0 Å². The average Bonchev–Trinajstić information content (AvgIpc) is 3.30. The van der Waals surface area contributed by atoms with Gasteiger partial charge < -0.3 is 28.9 Å². The first-order chi connectivity index (χ1) is 17.0. The van der Waals surface area contributed by atoms with Crippen molar-refractivity contribution in [2.45, 2.75) is 82.6 Å². The number of aryl methyl sites for hydroxylation is 1. The Bertz CT molecular complexity index is 1270. The predicted molar refractivity (Wildman–Crippen MR) is 169 cm³/mol. The minimum absolute atomic E-state index is 0. The molecule has 200 valence electrons. The highest BCUT2D eigenvalue weighted by Crippen LogP contribution is 2.46. The van der Waals surface area contributed by atoms with Crippen molar-refractivity contribution < 1.29 is 28.5 Å². The molecule has 37 heavy (non-hydrogen) atoms. The van der Waals surface area contributed by atoms with E-state index in [-0.39, 0.29) is 24.0 Å². The first-order valence-electron chi connectivity index (χ1n) is 13.4. The summed E-state index contributed by atoms with van der Waals surface area (Å²) in [6.45, 7) is 19.4. The minimum Gasteiger partial charge on any atom is -1.00 e. The zero-order chi connectivity index (χ0) is 25.9. The Balaban J connectivity index is 0.00000380. The van der Waals surface area contributed by atoms with Crippen LogP contribution in [0.4, 0.5) is 5.69 Å². The smallest absolute Gasteiger partial charge is 0.263 e. The zero-order valence-corrected chi connectivity index (χ0v) is 29.4. The molecule has 2 nitrogen and oxygen atoms in total. The molecule has 0 radical (unpaired) electrons. The minimum atomic E-state index is -1.03. The Morgan fingerprint density at radius 2 is 1.54 bits per heavy atom. The normalized spacial score (nSPS) is 15.4. The van der Waals surface area contributed by atoms with Crippen molar-refractivity contribution >= 4 is 61.2 Å². The number of allylic oxidation sites excluding steroid dienone is 2. The van der Waals surface area contributed by atoms with Gasteiger partial charge in [0.2, 0.25) is 5.52 Å². The van der Waals surface area contributed by atoms with Gasteiger partial charge in [-0.1, -0.05) is 98.7 Å². The Kier molecular flexibility index (Phi) is 10.8. The summed E-state index contributed by atoms with van der Waals surface area (Å²) in [6.07, 6.45) is 7.35. The number of halogens is 1. The molecule has 3 aromatic rings. The molecule has 0 saturated carbocycles. The first-order valence-corrected chi connectivity index (χ1v) is 22.4. The number of hydrogen-bond donors (Lipinski definition) is 0. The third-order valence-electron chi connectivity index (χ3n) is 6.59. The number of nitrogens with zero attached hydrogens (tertiary/aromatic N) is 2. The molecule has 4 rings (SSSR count). The standard InChI is InChI=1S/C30H43N2S2Si2.HI/c1-24(22-29-31(18-12-20-35(2,3)4)25-14-8-10-16-27(25)33-29)23-30-32(19-13-21-36(5,6)7)26-15-9-11-17-28(26)34-30;/h8-11,14-17,22-23H,12-13,18-21H2,1-7H3;1H/q+1;/p-1. The topological polar surface area (TPSA) is 7.12 Å². The Labute approximate surface area is 252 Å². The Morgan fingerprint density at radius 3 is 2.27 bits per heavy atom.